The maximum absolute atomic E-state index is 10.8. The molecule has 21 heavy (non-hydrogen) atoms. The Balaban J connectivity index is 2.14. The zero-order valence-electron chi connectivity index (χ0n) is 12.1. The summed E-state index contributed by atoms with van der Waals surface area (Å²) in [5.74, 6) is 1.17. The number of nitrogens with zero attached hydrogens (tertiary/aromatic N) is 1. The van der Waals surface area contributed by atoms with E-state index in [1.807, 2.05) is 31.2 Å². The maximum Gasteiger partial charge on any atom is 0.273 e. The minimum absolute atomic E-state index is 0.0272. The molecule has 0 spiro atoms. The van der Waals surface area contributed by atoms with Crippen LogP contribution in [0.4, 0.5) is 5.69 Å². The summed E-state index contributed by atoms with van der Waals surface area (Å²) in [5, 5.41) is 14.1. The molecule has 2 aromatic carbocycles. The highest BCUT2D eigenvalue weighted by molar-refractivity contribution is 5.45. The molecular formula is C16H18N2O3. The first-order valence-electron chi connectivity index (χ1n) is 6.82. The Morgan fingerprint density at radius 3 is 2.52 bits per heavy atom. The van der Waals surface area contributed by atoms with E-state index in [4.69, 9.17) is 4.74 Å². The van der Waals surface area contributed by atoms with Gasteiger partial charge >= 0.3 is 0 Å². The summed E-state index contributed by atoms with van der Waals surface area (Å²) < 4.78 is 5.73. The second kappa shape index (κ2) is 6.85. The van der Waals surface area contributed by atoms with Crippen molar-refractivity contribution in [1.82, 2.24) is 5.32 Å². The summed E-state index contributed by atoms with van der Waals surface area (Å²) in [7, 11) is 0. The lowest BCUT2D eigenvalue weighted by Crippen LogP contribution is -2.11. The molecule has 0 aromatic heterocycles. The predicted octanol–water partition coefficient (Wildman–Crippen LogP) is 3.81. The van der Waals surface area contributed by atoms with Gasteiger partial charge < -0.3 is 10.1 Å². The van der Waals surface area contributed by atoms with Gasteiger partial charge in [-0.05, 0) is 42.8 Å². The summed E-state index contributed by atoms with van der Waals surface area (Å²) in [6.07, 6.45) is 0. The number of ether oxygens (including phenoxy) is 1. The molecule has 110 valence electrons. The minimum Gasteiger partial charge on any atom is -0.457 e. The molecule has 0 bridgehead atoms. The Hall–Kier alpha value is -2.40. The van der Waals surface area contributed by atoms with Crippen molar-refractivity contribution in [3.8, 4) is 11.5 Å². The number of nitro benzene ring substituents is 1. The van der Waals surface area contributed by atoms with Crippen molar-refractivity contribution in [3.05, 3.63) is 63.7 Å². The second-order valence-corrected chi connectivity index (χ2v) is 4.73. The van der Waals surface area contributed by atoms with Crippen LogP contribution in [-0.2, 0) is 6.54 Å². The van der Waals surface area contributed by atoms with E-state index in [1.165, 1.54) is 17.7 Å². The zero-order chi connectivity index (χ0) is 15.2. The van der Waals surface area contributed by atoms with E-state index in [0.717, 1.165) is 18.7 Å². The third-order valence-corrected chi connectivity index (χ3v) is 3.11. The highest BCUT2D eigenvalue weighted by Gasteiger charge is 2.10. The van der Waals surface area contributed by atoms with Gasteiger partial charge in [-0.2, -0.15) is 0 Å². The van der Waals surface area contributed by atoms with Crippen molar-refractivity contribution in [2.24, 2.45) is 0 Å². The van der Waals surface area contributed by atoms with Crippen molar-refractivity contribution in [2.45, 2.75) is 20.4 Å². The van der Waals surface area contributed by atoms with Crippen molar-refractivity contribution < 1.29 is 9.66 Å². The predicted molar refractivity (Wildman–Crippen MR) is 81.7 cm³/mol. The number of aryl methyl sites for hydroxylation is 1. The fourth-order valence-corrected chi connectivity index (χ4v) is 1.88. The van der Waals surface area contributed by atoms with Gasteiger partial charge in [0.15, 0.2) is 0 Å². The summed E-state index contributed by atoms with van der Waals surface area (Å²) in [5.41, 5.74) is 2.05. The Morgan fingerprint density at radius 2 is 1.90 bits per heavy atom. The van der Waals surface area contributed by atoms with Crippen molar-refractivity contribution >= 4 is 5.69 Å². The third-order valence-electron chi connectivity index (χ3n) is 3.11. The molecule has 0 unspecified atom stereocenters. The molecule has 0 fully saturated rings. The molecule has 2 aromatic rings. The lowest BCUT2D eigenvalue weighted by Gasteiger charge is -2.09. The first-order chi connectivity index (χ1) is 10.1. The van der Waals surface area contributed by atoms with Gasteiger partial charge in [-0.15, -0.1) is 0 Å². The summed E-state index contributed by atoms with van der Waals surface area (Å²) in [6.45, 7) is 5.65. The van der Waals surface area contributed by atoms with E-state index in [9.17, 15) is 10.1 Å². The lowest BCUT2D eigenvalue weighted by molar-refractivity contribution is -0.384. The quantitative estimate of drug-likeness (QED) is 0.648. The van der Waals surface area contributed by atoms with Crippen LogP contribution >= 0.6 is 0 Å². The maximum atomic E-state index is 10.8. The Labute approximate surface area is 123 Å². The SMILES string of the molecule is CCNCc1ccc(Oc2cc([N+](=O)[O-])ccc2C)cc1. The zero-order valence-corrected chi connectivity index (χ0v) is 12.1. The number of benzene rings is 2. The van der Waals surface area contributed by atoms with E-state index in [2.05, 4.69) is 12.2 Å². The molecule has 1 N–H and O–H groups in total. The fourth-order valence-electron chi connectivity index (χ4n) is 1.88. The third kappa shape index (κ3) is 4.03. The molecule has 0 aliphatic rings. The average Bonchev–Trinajstić information content (AvgIpc) is 2.48. The van der Waals surface area contributed by atoms with Crippen LogP contribution in [0.1, 0.15) is 18.1 Å². The molecule has 0 saturated carbocycles. The smallest absolute Gasteiger partial charge is 0.273 e. The molecule has 0 radical (unpaired) electrons. The fraction of sp³-hybridized carbons (Fsp3) is 0.250. The van der Waals surface area contributed by atoms with E-state index >= 15 is 0 Å². The van der Waals surface area contributed by atoms with Crippen molar-refractivity contribution in [3.63, 3.8) is 0 Å². The van der Waals surface area contributed by atoms with Crippen LogP contribution < -0.4 is 10.1 Å². The minimum atomic E-state index is -0.425. The van der Waals surface area contributed by atoms with Gasteiger partial charge in [0, 0.05) is 12.6 Å². The van der Waals surface area contributed by atoms with Gasteiger partial charge in [0.2, 0.25) is 0 Å². The van der Waals surface area contributed by atoms with E-state index in [-0.39, 0.29) is 5.69 Å². The van der Waals surface area contributed by atoms with Gasteiger partial charge in [0.05, 0.1) is 11.0 Å². The van der Waals surface area contributed by atoms with Crippen LogP contribution in [0.25, 0.3) is 0 Å². The van der Waals surface area contributed by atoms with Crippen LogP contribution in [-0.4, -0.2) is 11.5 Å². The molecule has 5 heteroatoms. The molecular weight excluding hydrogens is 268 g/mol. The molecule has 0 aliphatic heterocycles. The normalized spacial score (nSPS) is 10.4. The lowest BCUT2D eigenvalue weighted by atomic mass is 10.2. The second-order valence-electron chi connectivity index (χ2n) is 4.73. The van der Waals surface area contributed by atoms with E-state index < -0.39 is 4.92 Å². The molecule has 0 atom stereocenters. The van der Waals surface area contributed by atoms with Crippen molar-refractivity contribution in [1.29, 1.82) is 0 Å². The number of non-ortho nitro benzene ring substituents is 1. The van der Waals surface area contributed by atoms with Crippen LogP contribution in [0.15, 0.2) is 42.5 Å². The van der Waals surface area contributed by atoms with Crippen LogP contribution in [0, 0.1) is 17.0 Å². The number of rotatable bonds is 6. The highest BCUT2D eigenvalue weighted by atomic mass is 16.6. The first-order valence-corrected chi connectivity index (χ1v) is 6.82. The molecule has 0 heterocycles. The summed E-state index contributed by atoms with van der Waals surface area (Å²) >= 11 is 0. The number of hydrogen-bond donors (Lipinski definition) is 1. The first kappa shape index (κ1) is 15.0. The molecule has 2 rings (SSSR count). The number of hydrogen-bond acceptors (Lipinski definition) is 4. The standard InChI is InChI=1S/C16H18N2O3/c1-3-17-11-13-5-8-15(9-6-13)21-16-10-14(18(19)20)7-4-12(16)2/h4-10,17H,3,11H2,1-2H3. The van der Waals surface area contributed by atoms with Crippen LogP contribution in [0.3, 0.4) is 0 Å². The summed E-state index contributed by atoms with van der Waals surface area (Å²) in [6, 6.07) is 12.3. The largest absolute Gasteiger partial charge is 0.457 e. The molecule has 0 amide bonds. The van der Waals surface area contributed by atoms with Gasteiger partial charge in [-0.25, -0.2) is 0 Å². The van der Waals surface area contributed by atoms with Gasteiger partial charge in [-0.3, -0.25) is 10.1 Å². The van der Waals surface area contributed by atoms with Crippen LogP contribution in [0.5, 0.6) is 11.5 Å². The monoisotopic (exact) mass is 286 g/mol. The molecule has 0 saturated heterocycles. The van der Waals surface area contributed by atoms with E-state index in [1.54, 1.807) is 6.07 Å². The Morgan fingerprint density at radius 1 is 1.19 bits per heavy atom. The Kier molecular flexibility index (Phi) is 4.90. The van der Waals surface area contributed by atoms with E-state index in [0.29, 0.717) is 11.5 Å². The highest BCUT2D eigenvalue weighted by Crippen LogP contribution is 2.28. The topological polar surface area (TPSA) is 64.4 Å². The molecule has 0 aliphatic carbocycles. The van der Waals surface area contributed by atoms with Gasteiger partial charge in [0.1, 0.15) is 11.5 Å². The number of nitrogens with one attached hydrogen (secondary N) is 1. The van der Waals surface area contributed by atoms with Gasteiger partial charge in [0.25, 0.3) is 5.69 Å². The average molecular weight is 286 g/mol. The van der Waals surface area contributed by atoms with Gasteiger partial charge in [-0.1, -0.05) is 19.1 Å². The number of nitro groups is 1. The Bertz CT molecular complexity index is 624. The van der Waals surface area contributed by atoms with Crippen LogP contribution in [0.2, 0.25) is 0 Å². The van der Waals surface area contributed by atoms with Crippen molar-refractivity contribution in [2.75, 3.05) is 6.54 Å². The molecule has 5 nitrogen and oxygen atoms in total. The summed E-state index contributed by atoms with van der Waals surface area (Å²) in [4.78, 5) is 10.4.